The Kier molecular flexibility index (Phi) is 4.53. The number of hydrogen-bond donors (Lipinski definition) is 1. The topological polar surface area (TPSA) is 34.1 Å². The van der Waals surface area contributed by atoms with Crippen LogP contribution in [-0.2, 0) is 6.42 Å². The second kappa shape index (κ2) is 6.34. The predicted octanol–water partition coefficient (Wildman–Crippen LogP) is 3.72. The molecule has 1 N–H and O–H groups in total. The van der Waals surface area contributed by atoms with Gasteiger partial charge in [0.1, 0.15) is 5.75 Å². The first-order chi connectivity index (χ1) is 9.26. The highest BCUT2D eigenvalue weighted by atomic mass is 16.5. The van der Waals surface area contributed by atoms with Gasteiger partial charge in [0.15, 0.2) is 0 Å². The van der Waals surface area contributed by atoms with E-state index in [-0.39, 0.29) is 6.04 Å². The average Bonchev–Trinajstić information content (AvgIpc) is 2.47. The lowest BCUT2D eigenvalue weighted by Crippen LogP contribution is -2.13. The first-order valence-corrected chi connectivity index (χ1v) is 6.64. The van der Waals surface area contributed by atoms with Crippen LogP contribution in [0.25, 0.3) is 0 Å². The molecule has 0 aliphatic heterocycles. The van der Waals surface area contributed by atoms with Gasteiger partial charge in [-0.15, -0.1) is 0 Å². The largest absolute Gasteiger partial charge is 0.438 e. The summed E-state index contributed by atoms with van der Waals surface area (Å²) in [5.41, 5.74) is 2.26. The van der Waals surface area contributed by atoms with Crippen LogP contribution in [-0.4, -0.2) is 12.0 Å². The Morgan fingerprint density at radius 1 is 1.21 bits per heavy atom. The van der Waals surface area contributed by atoms with Gasteiger partial charge in [0.05, 0.1) is 0 Å². The lowest BCUT2D eigenvalue weighted by molar-refractivity contribution is 0.442. The van der Waals surface area contributed by atoms with Crippen molar-refractivity contribution in [2.24, 2.45) is 0 Å². The normalized spacial score (nSPS) is 12.2. The maximum absolute atomic E-state index is 6.00. The van der Waals surface area contributed by atoms with E-state index in [1.54, 1.807) is 6.20 Å². The van der Waals surface area contributed by atoms with Crippen LogP contribution in [0, 0.1) is 0 Å². The van der Waals surface area contributed by atoms with Crippen LogP contribution in [0.2, 0.25) is 0 Å². The molecule has 3 nitrogen and oxygen atoms in total. The summed E-state index contributed by atoms with van der Waals surface area (Å²) in [6, 6.07) is 12.3. The van der Waals surface area contributed by atoms with Gasteiger partial charge >= 0.3 is 0 Å². The molecule has 0 saturated heterocycles. The van der Waals surface area contributed by atoms with Crippen molar-refractivity contribution in [2.45, 2.75) is 26.3 Å². The number of rotatable bonds is 5. The first-order valence-electron chi connectivity index (χ1n) is 6.64. The number of benzene rings is 1. The number of ether oxygens (including phenoxy) is 1. The molecule has 0 aliphatic carbocycles. The van der Waals surface area contributed by atoms with Gasteiger partial charge in [-0.3, -0.25) is 0 Å². The smallest absolute Gasteiger partial charge is 0.223 e. The molecule has 100 valence electrons. The fourth-order valence-corrected chi connectivity index (χ4v) is 1.97. The molecule has 0 amide bonds. The van der Waals surface area contributed by atoms with E-state index in [4.69, 9.17) is 4.74 Å². The third-order valence-corrected chi connectivity index (χ3v) is 3.26. The molecule has 0 fully saturated rings. The second-order valence-corrected chi connectivity index (χ2v) is 4.47. The highest BCUT2D eigenvalue weighted by molar-refractivity contribution is 5.38. The number of para-hydroxylation sites is 1. The highest BCUT2D eigenvalue weighted by Crippen LogP contribution is 2.29. The summed E-state index contributed by atoms with van der Waals surface area (Å²) in [6.07, 6.45) is 2.70. The zero-order valence-electron chi connectivity index (χ0n) is 11.7. The summed E-state index contributed by atoms with van der Waals surface area (Å²) < 4.78 is 6.00. The van der Waals surface area contributed by atoms with Gasteiger partial charge in [-0.1, -0.05) is 31.2 Å². The quantitative estimate of drug-likeness (QED) is 0.885. The molecule has 1 atom stereocenters. The molecule has 1 aromatic heterocycles. The van der Waals surface area contributed by atoms with Crippen molar-refractivity contribution >= 4 is 0 Å². The third-order valence-electron chi connectivity index (χ3n) is 3.26. The molecule has 1 heterocycles. The Morgan fingerprint density at radius 3 is 2.74 bits per heavy atom. The van der Waals surface area contributed by atoms with Gasteiger partial charge < -0.3 is 10.1 Å². The van der Waals surface area contributed by atoms with Crippen LogP contribution in [0.4, 0.5) is 0 Å². The van der Waals surface area contributed by atoms with Gasteiger partial charge in [0.2, 0.25) is 5.88 Å². The van der Waals surface area contributed by atoms with E-state index in [0.717, 1.165) is 17.7 Å². The van der Waals surface area contributed by atoms with E-state index >= 15 is 0 Å². The molecule has 0 aliphatic rings. The fourth-order valence-electron chi connectivity index (χ4n) is 1.97. The Balaban J connectivity index is 2.33. The Bertz CT molecular complexity index is 540. The fraction of sp³-hybridized carbons (Fsp3) is 0.312. The Morgan fingerprint density at radius 2 is 2.00 bits per heavy atom. The molecule has 0 saturated carbocycles. The summed E-state index contributed by atoms with van der Waals surface area (Å²) >= 11 is 0. The Labute approximate surface area is 114 Å². The minimum absolute atomic E-state index is 0.206. The van der Waals surface area contributed by atoms with Gasteiger partial charge in [-0.05, 0) is 38.1 Å². The number of aromatic nitrogens is 1. The molecular formula is C16H20N2O. The number of aryl methyl sites for hydroxylation is 1. The van der Waals surface area contributed by atoms with Crippen molar-refractivity contribution in [3.05, 3.63) is 53.7 Å². The maximum Gasteiger partial charge on any atom is 0.223 e. The van der Waals surface area contributed by atoms with Gasteiger partial charge in [-0.25, -0.2) is 4.98 Å². The van der Waals surface area contributed by atoms with E-state index in [1.165, 1.54) is 5.56 Å². The van der Waals surface area contributed by atoms with E-state index in [2.05, 4.69) is 30.2 Å². The zero-order valence-corrected chi connectivity index (χ0v) is 11.7. The van der Waals surface area contributed by atoms with Crippen LogP contribution in [0.5, 0.6) is 11.6 Å². The standard InChI is InChI=1S/C16H20N2O/c1-4-13-8-5-6-10-15(13)19-16-14(12(2)17-3)9-7-11-18-16/h5-12,17H,4H2,1-3H3. The number of nitrogens with one attached hydrogen (secondary N) is 1. The average molecular weight is 256 g/mol. The maximum atomic E-state index is 6.00. The number of nitrogens with zero attached hydrogens (tertiary/aromatic N) is 1. The summed E-state index contributed by atoms with van der Waals surface area (Å²) in [7, 11) is 1.93. The van der Waals surface area contributed by atoms with E-state index in [9.17, 15) is 0 Å². The molecular weight excluding hydrogens is 236 g/mol. The third kappa shape index (κ3) is 3.12. The van der Waals surface area contributed by atoms with E-state index < -0.39 is 0 Å². The second-order valence-electron chi connectivity index (χ2n) is 4.47. The molecule has 2 aromatic rings. The summed E-state index contributed by atoms with van der Waals surface area (Å²) in [6.45, 7) is 4.22. The SMILES string of the molecule is CCc1ccccc1Oc1ncccc1C(C)NC. The zero-order chi connectivity index (χ0) is 13.7. The van der Waals surface area contributed by atoms with Crippen molar-refractivity contribution in [3.8, 4) is 11.6 Å². The minimum atomic E-state index is 0.206. The van der Waals surface area contributed by atoms with Crippen molar-refractivity contribution in [2.75, 3.05) is 7.05 Å². The van der Waals surface area contributed by atoms with Crippen LogP contribution in [0.15, 0.2) is 42.6 Å². The molecule has 0 spiro atoms. The molecule has 1 unspecified atom stereocenters. The molecule has 2 rings (SSSR count). The summed E-state index contributed by atoms with van der Waals surface area (Å²) in [5, 5.41) is 3.22. The number of pyridine rings is 1. The monoisotopic (exact) mass is 256 g/mol. The van der Waals surface area contributed by atoms with E-state index in [1.807, 2.05) is 37.4 Å². The number of hydrogen-bond acceptors (Lipinski definition) is 3. The van der Waals surface area contributed by atoms with Gasteiger partial charge in [0, 0.05) is 17.8 Å². The lowest BCUT2D eigenvalue weighted by atomic mass is 10.1. The molecule has 0 bridgehead atoms. The van der Waals surface area contributed by atoms with Crippen molar-refractivity contribution in [1.82, 2.24) is 10.3 Å². The molecule has 19 heavy (non-hydrogen) atoms. The minimum Gasteiger partial charge on any atom is -0.438 e. The van der Waals surface area contributed by atoms with Gasteiger partial charge in [-0.2, -0.15) is 0 Å². The van der Waals surface area contributed by atoms with Crippen LogP contribution in [0.3, 0.4) is 0 Å². The van der Waals surface area contributed by atoms with Crippen molar-refractivity contribution < 1.29 is 4.74 Å². The summed E-state index contributed by atoms with van der Waals surface area (Å²) in [5.74, 6) is 1.55. The van der Waals surface area contributed by atoms with Crippen LogP contribution < -0.4 is 10.1 Å². The predicted molar refractivity (Wildman–Crippen MR) is 77.6 cm³/mol. The van der Waals surface area contributed by atoms with Crippen molar-refractivity contribution in [1.29, 1.82) is 0 Å². The molecule has 3 heteroatoms. The summed E-state index contributed by atoms with van der Waals surface area (Å²) in [4.78, 5) is 4.36. The van der Waals surface area contributed by atoms with Crippen LogP contribution in [0.1, 0.15) is 31.0 Å². The van der Waals surface area contributed by atoms with Crippen molar-refractivity contribution in [3.63, 3.8) is 0 Å². The highest BCUT2D eigenvalue weighted by Gasteiger charge is 2.12. The molecule has 1 aromatic carbocycles. The first kappa shape index (κ1) is 13.6. The Hall–Kier alpha value is -1.87. The van der Waals surface area contributed by atoms with E-state index in [0.29, 0.717) is 5.88 Å². The molecule has 0 radical (unpaired) electrons. The van der Waals surface area contributed by atoms with Crippen LogP contribution >= 0.6 is 0 Å². The lowest BCUT2D eigenvalue weighted by Gasteiger charge is -2.16. The van der Waals surface area contributed by atoms with Gasteiger partial charge in [0.25, 0.3) is 0 Å².